The second-order valence-electron chi connectivity index (χ2n) is 12.3. The average molecular weight is 541 g/mol. The molecular formula is C41H32O. The Morgan fingerprint density at radius 3 is 2.14 bits per heavy atom. The lowest BCUT2D eigenvalue weighted by atomic mass is 9.66. The number of ether oxygens (including phenoxy) is 1. The molecule has 1 fully saturated rings. The van der Waals surface area contributed by atoms with Crippen LogP contribution >= 0.6 is 0 Å². The third-order valence-electron chi connectivity index (χ3n) is 10.2. The molecule has 1 saturated carbocycles. The molecule has 2 aliphatic carbocycles. The van der Waals surface area contributed by atoms with Crippen molar-refractivity contribution in [3.05, 3.63) is 155 Å². The SMILES string of the molecule is C1=CC(c2ccccc2)(c2ccc3ccccc3c2)Oc2c1c1c(c3ccccc23)-c2ccccc2C12CCCCC2. The minimum absolute atomic E-state index is 0.0433. The molecule has 1 nitrogen and oxygen atoms in total. The van der Waals surface area contributed by atoms with Gasteiger partial charge in [0, 0.05) is 27.5 Å². The molecule has 0 amide bonds. The van der Waals surface area contributed by atoms with Gasteiger partial charge in [0.2, 0.25) is 0 Å². The van der Waals surface area contributed by atoms with Gasteiger partial charge in [0.05, 0.1) is 0 Å². The first-order chi connectivity index (χ1) is 20.8. The predicted molar refractivity (Wildman–Crippen MR) is 174 cm³/mol. The van der Waals surface area contributed by atoms with Crippen molar-refractivity contribution in [2.75, 3.05) is 0 Å². The van der Waals surface area contributed by atoms with E-state index in [4.69, 9.17) is 4.74 Å². The third-order valence-corrected chi connectivity index (χ3v) is 10.2. The zero-order valence-corrected chi connectivity index (χ0v) is 23.6. The maximum atomic E-state index is 7.53. The van der Waals surface area contributed by atoms with Crippen molar-refractivity contribution in [2.45, 2.75) is 43.1 Å². The first-order valence-electron chi connectivity index (χ1n) is 15.4. The molecule has 1 unspecified atom stereocenters. The number of benzene rings is 6. The van der Waals surface area contributed by atoms with E-state index in [0.29, 0.717) is 0 Å². The summed E-state index contributed by atoms with van der Waals surface area (Å²) < 4.78 is 7.53. The van der Waals surface area contributed by atoms with Crippen molar-refractivity contribution in [2.24, 2.45) is 0 Å². The summed E-state index contributed by atoms with van der Waals surface area (Å²) in [5.41, 5.74) is 8.72. The quantitative estimate of drug-likeness (QED) is 0.212. The summed E-state index contributed by atoms with van der Waals surface area (Å²) in [6, 6.07) is 44.3. The molecule has 9 rings (SSSR count). The van der Waals surface area contributed by atoms with Crippen molar-refractivity contribution in [1.82, 2.24) is 0 Å². The lowest BCUT2D eigenvalue weighted by Crippen LogP contribution is -2.35. The van der Waals surface area contributed by atoms with Gasteiger partial charge in [-0.25, -0.2) is 0 Å². The van der Waals surface area contributed by atoms with Crippen LogP contribution in [0.5, 0.6) is 5.75 Å². The van der Waals surface area contributed by atoms with E-state index in [0.717, 1.165) is 16.9 Å². The fourth-order valence-corrected chi connectivity index (χ4v) is 8.38. The minimum atomic E-state index is -0.736. The van der Waals surface area contributed by atoms with Gasteiger partial charge in [-0.1, -0.05) is 141 Å². The normalized spacial score (nSPS) is 19.8. The highest BCUT2D eigenvalue weighted by Crippen LogP contribution is 2.62. The largest absolute Gasteiger partial charge is 0.472 e. The van der Waals surface area contributed by atoms with E-state index in [-0.39, 0.29) is 5.41 Å². The summed E-state index contributed by atoms with van der Waals surface area (Å²) in [7, 11) is 0. The molecule has 0 N–H and O–H groups in total. The van der Waals surface area contributed by atoms with Crippen LogP contribution in [0.25, 0.3) is 38.7 Å². The van der Waals surface area contributed by atoms with Crippen molar-refractivity contribution in [3.63, 3.8) is 0 Å². The average Bonchev–Trinajstić information content (AvgIpc) is 3.34. The molecule has 1 aliphatic heterocycles. The first-order valence-corrected chi connectivity index (χ1v) is 15.4. The van der Waals surface area contributed by atoms with Crippen LogP contribution in [0.1, 0.15) is 59.9 Å². The third kappa shape index (κ3) is 3.20. The molecule has 0 aromatic heterocycles. The van der Waals surface area contributed by atoms with Gasteiger partial charge in [0.15, 0.2) is 5.60 Å². The number of hydrogen-bond acceptors (Lipinski definition) is 1. The van der Waals surface area contributed by atoms with Crippen LogP contribution in [0, 0.1) is 0 Å². The lowest BCUT2D eigenvalue weighted by Gasteiger charge is -2.41. The Bertz CT molecular complexity index is 2040. The van der Waals surface area contributed by atoms with Gasteiger partial charge in [-0.15, -0.1) is 0 Å². The van der Waals surface area contributed by atoms with Crippen LogP contribution in [0.15, 0.2) is 127 Å². The molecule has 6 aromatic rings. The van der Waals surface area contributed by atoms with Crippen LogP contribution in [0.2, 0.25) is 0 Å². The molecule has 0 saturated heterocycles. The maximum absolute atomic E-state index is 7.53. The smallest absolute Gasteiger partial charge is 0.178 e. The Hall–Kier alpha value is -4.62. The second-order valence-corrected chi connectivity index (χ2v) is 12.3. The minimum Gasteiger partial charge on any atom is -0.472 e. The van der Waals surface area contributed by atoms with Crippen molar-refractivity contribution in [1.29, 1.82) is 0 Å². The fraction of sp³-hybridized carbons (Fsp3) is 0.171. The highest BCUT2D eigenvalue weighted by molar-refractivity contribution is 6.08. The van der Waals surface area contributed by atoms with Crippen LogP contribution in [0.3, 0.4) is 0 Å². The molecule has 1 spiro atoms. The Labute approximate surface area is 247 Å². The van der Waals surface area contributed by atoms with Crippen LogP contribution in [0.4, 0.5) is 0 Å². The van der Waals surface area contributed by atoms with E-state index in [9.17, 15) is 0 Å². The molecule has 0 bridgehead atoms. The number of fused-ring (bicyclic) bond motifs is 11. The maximum Gasteiger partial charge on any atom is 0.178 e. The Morgan fingerprint density at radius 2 is 1.29 bits per heavy atom. The summed E-state index contributed by atoms with van der Waals surface area (Å²) in [5, 5.41) is 4.96. The molecule has 0 radical (unpaired) electrons. The Morgan fingerprint density at radius 1 is 0.571 bits per heavy atom. The van der Waals surface area contributed by atoms with Crippen molar-refractivity contribution < 1.29 is 4.74 Å². The Kier molecular flexibility index (Phi) is 5.11. The van der Waals surface area contributed by atoms with Crippen LogP contribution in [-0.4, -0.2) is 0 Å². The summed E-state index contributed by atoms with van der Waals surface area (Å²) in [4.78, 5) is 0. The highest BCUT2D eigenvalue weighted by atomic mass is 16.5. The van der Waals surface area contributed by atoms with Gasteiger partial charge < -0.3 is 4.74 Å². The molecule has 202 valence electrons. The molecule has 3 aliphatic rings. The molecule has 6 aromatic carbocycles. The van der Waals surface area contributed by atoms with Gasteiger partial charge in [-0.05, 0) is 63.4 Å². The van der Waals surface area contributed by atoms with E-state index in [1.165, 1.54) is 81.5 Å². The molecule has 1 heterocycles. The molecular weight excluding hydrogens is 508 g/mol. The van der Waals surface area contributed by atoms with Crippen LogP contribution in [-0.2, 0) is 11.0 Å². The fourth-order valence-electron chi connectivity index (χ4n) is 8.38. The first kappa shape index (κ1) is 24.0. The van der Waals surface area contributed by atoms with Gasteiger partial charge in [0.25, 0.3) is 0 Å². The van der Waals surface area contributed by atoms with E-state index in [2.05, 4.69) is 133 Å². The molecule has 1 heteroatoms. The van der Waals surface area contributed by atoms with E-state index in [1.807, 2.05) is 0 Å². The number of hydrogen-bond donors (Lipinski definition) is 0. The van der Waals surface area contributed by atoms with Gasteiger partial charge in [-0.3, -0.25) is 0 Å². The van der Waals surface area contributed by atoms with Crippen molar-refractivity contribution in [3.8, 4) is 16.9 Å². The summed E-state index contributed by atoms with van der Waals surface area (Å²) in [6.45, 7) is 0. The van der Waals surface area contributed by atoms with Crippen molar-refractivity contribution >= 4 is 27.6 Å². The number of rotatable bonds is 2. The summed E-state index contributed by atoms with van der Waals surface area (Å²) in [6.07, 6.45) is 11.0. The topological polar surface area (TPSA) is 9.23 Å². The van der Waals surface area contributed by atoms with E-state index in [1.54, 1.807) is 0 Å². The van der Waals surface area contributed by atoms with Gasteiger partial charge in [-0.2, -0.15) is 0 Å². The monoisotopic (exact) mass is 540 g/mol. The zero-order chi connectivity index (χ0) is 27.7. The summed E-state index contributed by atoms with van der Waals surface area (Å²) in [5.74, 6) is 1.02. The molecule has 42 heavy (non-hydrogen) atoms. The van der Waals surface area contributed by atoms with Crippen LogP contribution < -0.4 is 4.74 Å². The lowest BCUT2D eigenvalue weighted by molar-refractivity contribution is 0.163. The van der Waals surface area contributed by atoms with E-state index < -0.39 is 5.60 Å². The van der Waals surface area contributed by atoms with Gasteiger partial charge in [0.1, 0.15) is 5.75 Å². The highest BCUT2D eigenvalue weighted by Gasteiger charge is 2.48. The summed E-state index contributed by atoms with van der Waals surface area (Å²) >= 11 is 0. The Balaban J connectivity index is 1.36. The zero-order valence-electron chi connectivity index (χ0n) is 23.6. The predicted octanol–water partition coefficient (Wildman–Crippen LogP) is 10.6. The second kappa shape index (κ2) is 8.94. The molecule has 1 atom stereocenters. The van der Waals surface area contributed by atoms with E-state index >= 15 is 0 Å². The van der Waals surface area contributed by atoms with Gasteiger partial charge >= 0.3 is 0 Å². The standard InChI is InChI=1S/C41H32O/c1-3-15-30(16-4-1)41(31-22-21-28-13-5-6-14-29(28)27-31)26-23-35-38-37(32-17-7-8-18-33(32)39(35)42-41)34-19-9-10-20-36(34)40(38)24-11-2-12-25-40/h1,3-10,13-23,26-27H,2,11-12,24-25H2.